The summed E-state index contributed by atoms with van der Waals surface area (Å²) in [6.07, 6.45) is 7.69. The molecule has 0 saturated heterocycles. The quantitative estimate of drug-likeness (QED) is 0.890. The van der Waals surface area contributed by atoms with Gasteiger partial charge in [-0.3, -0.25) is 9.97 Å². The number of ether oxygens (including phenoxy) is 1. The van der Waals surface area contributed by atoms with E-state index in [-0.39, 0.29) is 6.04 Å². The molecule has 1 unspecified atom stereocenters. The van der Waals surface area contributed by atoms with E-state index in [0.29, 0.717) is 6.10 Å². The van der Waals surface area contributed by atoms with Gasteiger partial charge in [0.15, 0.2) is 0 Å². The second kappa shape index (κ2) is 4.74. The van der Waals surface area contributed by atoms with Crippen LogP contribution in [-0.2, 0) is 0 Å². The molecule has 1 aromatic heterocycles. The summed E-state index contributed by atoms with van der Waals surface area (Å²) < 4.78 is 5.76. The van der Waals surface area contributed by atoms with Crippen LogP contribution in [-0.4, -0.2) is 16.1 Å². The van der Waals surface area contributed by atoms with E-state index in [4.69, 9.17) is 10.5 Å². The molecule has 0 aliphatic heterocycles. The van der Waals surface area contributed by atoms with E-state index in [1.54, 1.807) is 18.6 Å². The van der Waals surface area contributed by atoms with E-state index < -0.39 is 0 Å². The Labute approximate surface area is 106 Å². The number of nitrogens with zero attached hydrogens (tertiary/aromatic N) is 2. The molecule has 1 heterocycles. The lowest BCUT2D eigenvalue weighted by Gasteiger charge is -2.12. The Balaban J connectivity index is 1.82. The smallest absolute Gasteiger partial charge is 0.120 e. The van der Waals surface area contributed by atoms with Gasteiger partial charge in [-0.05, 0) is 30.5 Å². The van der Waals surface area contributed by atoms with Crippen LogP contribution in [0.15, 0.2) is 42.9 Å². The van der Waals surface area contributed by atoms with Crippen molar-refractivity contribution < 1.29 is 4.74 Å². The molecule has 1 aliphatic rings. The van der Waals surface area contributed by atoms with Crippen molar-refractivity contribution in [2.45, 2.75) is 25.0 Å². The minimum absolute atomic E-state index is 0.263. The van der Waals surface area contributed by atoms with E-state index in [9.17, 15) is 0 Å². The molecule has 1 saturated carbocycles. The average Bonchev–Trinajstić information content (AvgIpc) is 3.23. The molecule has 0 amide bonds. The van der Waals surface area contributed by atoms with Gasteiger partial charge in [0.2, 0.25) is 0 Å². The zero-order chi connectivity index (χ0) is 12.4. The summed E-state index contributed by atoms with van der Waals surface area (Å²) in [5, 5.41) is 0. The minimum Gasteiger partial charge on any atom is -0.490 e. The lowest BCUT2D eigenvalue weighted by molar-refractivity contribution is 0.303. The van der Waals surface area contributed by atoms with E-state index in [0.717, 1.165) is 29.8 Å². The molecular weight excluding hydrogens is 226 g/mol. The monoisotopic (exact) mass is 241 g/mol. The Bertz CT molecular complexity index is 526. The number of hydrogen-bond acceptors (Lipinski definition) is 4. The minimum atomic E-state index is -0.263. The highest BCUT2D eigenvalue weighted by molar-refractivity contribution is 5.34. The van der Waals surface area contributed by atoms with Crippen molar-refractivity contribution in [1.82, 2.24) is 9.97 Å². The summed E-state index contributed by atoms with van der Waals surface area (Å²) in [4.78, 5) is 8.27. The van der Waals surface area contributed by atoms with Crippen molar-refractivity contribution in [3.63, 3.8) is 0 Å². The van der Waals surface area contributed by atoms with Crippen molar-refractivity contribution in [3.05, 3.63) is 54.1 Å². The molecule has 1 aromatic carbocycles. The van der Waals surface area contributed by atoms with Crippen LogP contribution < -0.4 is 10.5 Å². The molecule has 0 spiro atoms. The Morgan fingerprint density at radius 2 is 2.17 bits per heavy atom. The number of rotatable bonds is 4. The summed E-state index contributed by atoms with van der Waals surface area (Å²) in [5.74, 6) is 0.884. The summed E-state index contributed by atoms with van der Waals surface area (Å²) in [6.45, 7) is 0. The molecule has 0 bridgehead atoms. The number of nitrogens with two attached hydrogens (primary N) is 1. The number of hydrogen-bond donors (Lipinski definition) is 1. The highest BCUT2D eigenvalue weighted by Crippen LogP contribution is 2.28. The summed E-state index contributed by atoms with van der Waals surface area (Å²) in [6, 6.07) is 7.63. The highest BCUT2D eigenvalue weighted by Gasteiger charge is 2.23. The van der Waals surface area contributed by atoms with E-state index in [2.05, 4.69) is 9.97 Å². The summed E-state index contributed by atoms with van der Waals surface area (Å²) >= 11 is 0. The van der Waals surface area contributed by atoms with Crippen molar-refractivity contribution in [2.24, 2.45) is 5.73 Å². The molecule has 0 radical (unpaired) electrons. The van der Waals surface area contributed by atoms with Gasteiger partial charge in [-0.1, -0.05) is 12.1 Å². The predicted molar refractivity (Wildman–Crippen MR) is 68.2 cm³/mol. The number of benzene rings is 1. The fraction of sp³-hybridized carbons (Fsp3) is 0.286. The third-order valence-electron chi connectivity index (χ3n) is 2.95. The number of aromatic nitrogens is 2. The second-order valence-electron chi connectivity index (χ2n) is 4.50. The maximum absolute atomic E-state index is 6.17. The molecular formula is C14H15N3O. The largest absolute Gasteiger partial charge is 0.490 e. The van der Waals surface area contributed by atoms with E-state index in [1.807, 2.05) is 24.3 Å². The third-order valence-corrected chi connectivity index (χ3v) is 2.95. The lowest BCUT2D eigenvalue weighted by atomic mass is 10.0. The SMILES string of the molecule is NC(c1cccc(OC2CC2)c1)c1cnccn1. The molecule has 18 heavy (non-hydrogen) atoms. The lowest BCUT2D eigenvalue weighted by Crippen LogP contribution is -2.13. The summed E-state index contributed by atoms with van der Waals surface area (Å²) in [7, 11) is 0. The Morgan fingerprint density at radius 3 is 2.89 bits per heavy atom. The van der Waals surface area contributed by atoms with Gasteiger partial charge in [0.25, 0.3) is 0 Å². The van der Waals surface area contributed by atoms with Crippen molar-refractivity contribution >= 4 is 0 Å². The highest BCUT2D eigenvalue weighted by atomic mass is 16.5. The van der Waals surface area contributed by atoms with Crippen LogP contribution in [0, 0.1) is 0 Å². The standard InChI is InChI=1S/C14H15N3O/c15-14(13-9-16-6-7-17-13)10-2-1-3-12(8-10)18-11-4-5-11/h1-3,6-9,11,14H,4-5,15H2. The van der Waals surface area contributed by atoms with Crippen LogP contribution in [0.25, 0.3) is 0 Å². The molecule has 1 aliphatic carbocycles. The zero-order valence-corrected chi connectivity index (χ0v) is 9.99. The van der Waals surface area contributed by atoms with Crippen molar-refractivity contribution in [1.29, 1.82) is 0 Å². The predicted octanol–water partition coefficient (Wildman–Crippen LogP) is 2.07. The molecule has 3 rings (SSSR count). The van der Waals surface area contributed by atoms with Crippen molar-refractivity contribution in [3.8, 4) is 5.75 Å². The molecule has 2 N–H and O–H groups in total. The van der Waals surface area contributed by atoms with Gasteiger partial charge < -0.3 is 10.5 Å². The van der Waals surface area contributed by atoms with Crippen molar-refractivity contribution in [2.75, 3.05) is 0 Å². The Hall–Kier alpha value is -1.94. The zero-order valence-electron chi connectivity index (χ0n) is 9.99. The van der Waals surface area contributed by atoms with Crippen LogP contribution in [0.2, 0.25) is 0 Å². The first-order chi connectivity index (χ1) is 8.83. The molecule has 2 aromatic rings. The van der Waals surface area contributed by atoms with E-state index >= 15 is 0 Å². The first kappa shape index (κ1) is 11.2. The maximum atomic E-state index is 6.17. The fourth-order valence-corrected chi connectivity index (χ4v) is 1.80. The molecule has 4 nitrogen and oxygen atoms in total. The van der Waals surface area contributed by atoms with Gasteiger partial charge in [0, 0.05) is 12.4 Å². The van der Waals surface area contributed by atoms with Gasteiger partial charge in [-0.2, -0.15) is 0 Å². The Kier molecular flexibility index (Phi) is 2.94. The van der Waals surface area contributed by atoms with Gasteiger partial charge >= 0.3 is 0 Å². The topological polar surface area (TPSA) is 61.0 Å². The van der Waals surface area contributed by atoms with Crippen LogP contribution in [0.1, 0.15) is 30.1 Å². The molecule has 1 fully saturated rings. The van der Waals surface area contributed by atoms with Crippen LogP contribution in [0.3, 0.4) is 0 Å². The van der Waals surface area contributed by atoms with Gasteiger partial charge in [-0.25, -0.2) is 0 Å². The van der Waals surface area contributed by atoms with Crippen LogP contribution in [0.4, 0.5) is 0 Å². The normalized spacial score (nSPS) is 16.3. The first-order valence-electron chi connectivity index (χ1n) is 6.11. The van der Waals surface area contributed by atoms with Gasteiger partial charge in [0.05, 0.1) is 24.0 Å². The van der Waals surface area contributed by atoms with E-state index in [1.165, 1.54) is 0 Å². The van der Waals surface area contributed by atoms with Crippen LogP contribution in [0.5, 0.6) is 5.75 Å². The second-order valence-corrected chi connectivity index (χ2v) is 4.50. The third kappa shape index (κ3) is 2.49. The summed E-state index contributed by atoms with van der Waals surface area (Å²) in [5.41, 5.74) is 7.93. The average molecular weight is 241 g/mol. The first-order valence-corrected chi connectivity index (χ1v) is 6.11. The molecule has 92 valence electrons. The maximum Gasteiger partial charge on any atom is 0.120 e. The molecule has 1 atom stereocenters. The van der Waals surface area contributed by atoms with Crippen LogP contribution >= 0.6 is 0 Å². The Morgan fingerprint density at radius 1 is 1.28 bits per heavy atom. The van der Waals surface area contributed by atoms with Gasteiger partial charge in [0.1, 0.15) is 5.75 Å². The molecule has 4 heteroatoms. The van der Waals surface area contributed by atoms with Gasteiger partial charge in [-0.15, -0.1) is 0 Å². The fourth-order valence-electron chi connectivity index (χ4n) is 1.80.